The van der Waals surface area contributed by atoms with Crippen molar-refractivity contribution in [2.24, 2.45) is 17.4 Å². The number of carboxylic acid groups (broad SMARTS) is 1. The molecule has 10 nitrogen and oxygen atoms in total. The molecular formula is C11H23BN4O6S. The second kappa shape index (κ2) is 6.63. The van der Waals surface area contributed by atoms with Crippen molar-refractivity contribution < 1.29 is 28.4 Å². The highest BCUT2D eigenvalue weighted by atomic mass is 32.2. The predicted molar refractivity (Wildman–Crippen MR) is 82.3 cm³/mol. The molecular weight excluding hydrogens is 327 g/mol. The summed E-state index contributed by atoms with van der Waals surface area (Å²) >= 11 is 0. The van der Waals surface area contributed by atoms with Crippen LogP contribution in [-0.2, 0) is 15.0 Å². The molecule has 2 rings (SSSR count). The summed E-state index contributed by atoms with van der Waals surface area (Å²) in [6.45, 7) is 0.122. The molecule has 0 aliphatic carbocycles. The first-order valence-corrected chi connectivity index (χ1v) is 8.86. The van der Waals surface area contributed by atoms with Gasteiger partial charge in [0, 0.05) is 38.1 Å². The van der Waals surface area contributed by atoms with Gasteiger partial charge in [-0.05, 0) is 12.7 Å². The largest absolute Gasteiger partial charge is 0.480 e. The van der Waals surface area contributed by atoms with Gasteiger partial charge in [-0.1, -0.05) is 6.42 Å². The fourth-order valence-corrected chi connectivity index (χ4v) is 4.86. The van der Waals surface area contributed by atoms with Gasteiger partial charge in [-0.15, -0.1) is 0 Å². The molecule has 0 bridgehead atoms. The van der Waals surface area contributed by atoms with Gasteiger partial charge in [0.25, 0.3) is 10.2 Å². The van der Waals surface area contributed by atoms with E-state index in [4.69, 9.17) is 21.5 Å². The molecule has 23 heavy (non-hydrogen) atoms. The van der Waals surface area contributed by atoms with Crippen LogP contribution in [0.5, 0.6) is 0 Å². The van der Waals surface area contributed by atoms with Crippen LogP contribution < -0.4 is 11.5 Å². The maximum atomic E-state index is 12.5. The minimum Gasteiger partial charge on any atom is -0.480 e. The highest BCUT2D eigenvalue weighted by Crippen LogP contribution is 2.33. The lowest BCUT2D eigenvalue weighted by molar-refractivity contribution is -0.144. The van der Waals surface area contributed by atoms with E-state index < -0.39 is 34.8 Å². The van der Waals surface area contributed by atoms with Crippen molar-refractivity contribution in [2.75, 3.05) is 26.2 Å². The zero-order valence-corrected chi connectivity index (χ0v) is 13.5. The molecule has 0 saturated carbocycles. The van der Waals surface area contributed by atoms with Crippen LogP contribution in [0.25, 0.3) is 0 Å². The number of aliphatic carboxylic acids is 1. The van der Waals surface area contributed by atoms with Gasteiger partial charge >= 0.3 is 13.1 Å². The molecule has 0 aromatic carbocycles. The summed E-state index contributed by atoms with van der Waals surface area (Å²) in [6, 6.07) is -0.198. The quantitative estimate of drug-likeness (QED) is 0.300. The smallest absolute Gasteiger partial charge is 0.451 e. The first-order chi connectivity index (χ1) is 10.6. The standard InChI is InChI=1S/C11H23BN4O6S/c13-9-5-15(6-9)23(21,22)16-4-8(2-1-3-12(19)20)11(14,7-16)10(17)18/h8-9,19-20H,1-7,13-14H2,(H,17,18)/t8-,11-/m1/s1. The molecule has 2 atom stereocenters. The monoisotopic (exact) mass is 350 g/mol. The second-order valence-electron chi connectivity index (χ2n) is 6.33. The van der Waals surface area contributed by atoms with E-state index in [0.29, 0.717) is 12.8 Å². The average molecular weight is 350 g/mol. The zero-order valence-electron chi connectivity index (χ0n) is 12.7. The van der Waals surface area contributed by atoms with Gasteiger partial charge in [0.15, 0.2) is 0 Å². The van der Waals surface area contributed by atoms with Gasteiger partial charge in [-0.25, -0.2) is 0 Å². The Morgan fingerprint density at radius 2 is 1.87 bits per heavy atom. The van der Waals surface area contributed by atoms with Crippen LogP contribution >= 0.6 is 0 Å². The third kappa shape index (κ3) is 3.68. The van der Waals surface area contributed by atoms with E-state index in [1.54, 1.807) is 0 Å². The topological polar surface area (TPSA) is 170 Å². The Balaban J connectivity index is 2.09. The molecule has 2 aliphatic rings. The summed E-state index contributed by atoms with van der Waals surface area (Å²) in [5.74, 6) is -1.85. The molecule has 0 radical (unpaired) electrons. The lowest BCUT2D eigenvalue weighted by Crippen LogP contribution is -2.61. The number of rotatable bonds is 7. The molecule has 0 amide bonds. The van der Waals surface area contributed by atoms with Crippen molar-refractivity contribution in [1.29, 1.82) is 0 Å². The average Bonchev–Trinajstić information content (AvgIpc) is 2.74. The Bertz CT molecular complexity index is 555. The van der Waals surface area contributed by atoms with Crippen LogP contribution in [0.15, 0.2) is 0 Å². The summed E-state index contributed by atoms with van der Waals surface area (Å²) in [6.07, 6.45) is 0.725. The van der Waals surface area contributed by atoms with Gasteiger partial charge in [-0.3, -0.25) is 4.79 Å². The predicted octanol–water partition coefficient (Wildman–Crippen LogP) is -3.16. The summed E-state index contributed by atoms with van der Waals surface area (Å²) < 4.78 is 27.2. The second-order valence-corrected chi connectivity index (χ2v) is 8.26. The first-order valence-electron chi connectivity index (χ1n) is 7.46. The van der Waals surface area contributed by atoms with E-state index in [-0.39, 0.29) is 38.5 Å². The Kier molecular flexibility index (Phi) is 5.35. The molecule has 12 heteroatoms. The zero-order chi connectivity index (χ0) is 17.4. The molecule has 0 aromatic heterocycles. The molecule has 2 saturated heterocycles. The Morgan fingerprint density at radius 1 is 1.26 bits per heavy atom. The van der Waals surface area contributed by atoms with E-state index in [1.165, 1.54) is 4.31 Å². The minimum absolute atomic E-state index is 0.00159. The van der Waals surface area contributed by atoms with Gasteiger partial charge in [0.2, 0.25) is 0 Å². The summed E-state index contributed by atoms with van der Waals surface area (Å²) in [4.78, 5) is 11.5. The Morgan fingerprint density at radius 3 is 2.35 bits per heavy atom. The van der Waals surface area contributed by atoms with Crippen LogP contribution in [0.2, 0.25) is 6.32 Å². The molecule has 0 spiro atoms. The molecule has 2 heterocycles. The Labute approximate surface area is 135 Å². The van der Waals surface area contributed by atoms with Crippen molar-refractivity contribution in [2.45, 2.75) is 30.7 Å². The van der Waals surface area contributed by atoms with Gasteiger partial charge in [-0.2, -0.15) is 17.0 Å². The first kappa shape index (κ1) is 18.6. The van der Waals surface area contributed by atoms with Gasteiger partial charge in [0.05, 0.1) is 0 Å². The van der Waals surface area contributed by atoms with Crippen molar-refractivity contribution >= 4 is 23.3 Å². The molecule has 0 aromatic rings. The maximum absolute atomic E-state index is 12.5. The maximum Gasteiger partial charge on any atom is 0.451 e. The SMILES string of the molecule is NC1CN(S(=O)(=O)N2C[C@@H](CCCB(O)O)[C@@](N)(C(=O)O)C2)C1. The lowest BCUT2D eigenvalue weighted by Gasteiger charge is -2.38. The summed E-state index contributed by atoms with van der Waals surface area (Å²) in [5.41, 5.74) is 9.88. The van der Waals surface area contributed by atoms with Crippen LogP contribution in [0.1, 0.15) is 12.8 Å². The molecule has 0 unspecified atom stereocenters. The fraction of sp³-hybridized carbons (Fsp3) is 0.909. The lowest BCUT2D eigenvalue weighted by atomic mass is 9.78. The number of nitrogens with zero attached hydrogens (tertiary/aromatic N) is 2. The van der Waals surface area contributed by atoms with E-state index in [9.17, 15) is 18.3 Å². The fourth-order valence-electron chi connectivity index (χ4n) is 3.03. The van der Waals surface area contributed by atoms with Crippen LogP contribution in [-0.4, -0.2) is 83.0 Å². The van der Waals surface area contributed by atoms with Crippen molar-refractivity contribution in [3.05, 3.63) is 0 Å². The summed E-state index contributed by atoms with van der Waals surface area (Å²) in [5, 5.41) is 27.1. The third-order valence-electron chi connectivity index (χ3n) is 4.53. The number of carboxylic acids is 1. The highest BCUT2D eigenvalue weighted by molar-refractivity contribution is 7.86. The Hall–Kier alpha value is -0.755. The minimum atomic E-state index is -3.77. The van der Waals surface area contributed by atoms with Crippen LogP contribution in [0, 0.1) is 5.92 Å². The number of nitrogens with two attached hydrogens (primary N) is 2. The van der Waals surface area contributed by atoms with Crippen molar-refractivity contribution in [3.63, 3.8) is 0 Å². The number of carbonyl (C=O) groups is 1. The summed E-state index contributed by atoms with van der Waals surface area (Å²) in [7, 11) is -5.25. The molecule has 132 valence electrons. The molecule has 2 fully saturated rings. The van der Waals surface area contributed by atoms with Crippen molar-refractivity contribution in [1.82, 2.24) is 8.61 Å². The van der Waals surface area contributed by atoms with E-state index in [2.05, 4.69) is 0 Å². The number of hydrogen-bond acceptors (Lipinski definition) is 7. The highest BCUT2D eigenvalue weighted by Gasteiger charge is 2.54. The van der Waals surface area contributed by atoms with Gasteiger partial charge in [0.1, 0.15) is 5.54 Å². The molecule has 2 aliphatic heterocycles. The van der Waals surface area contributed by atoms with E-state index >= 15 is 0 Å². The van der Waals surface area contributed by atoms with Crippen molar-refractivity contribution in [3.8, 4) is 0 Å². The normalized spacial score (nSPS) is 30.3. The van der Waals surface area contributed by atoms with Gasteiger partial charge < -0.3 is 26.6 Å². The van der Waals surface area contributed by atoms with Crippen LogP contribution in [0.3, 0.4) is 0 Å². The van der Waals surface area contributed by atoms with Crippen LogP contribution in [0.4, 0.5) is 0 Å². The number of hydrogen-bond donors (Lipinski definition) is 5. The third-order valence-corrected chi connectivity index (χ3v) is 6.41. The van der Waals surface area contributed by atoms with E-state index in [1.807, 2.05) is 0 Å². The van der Waals surface area contributed by atoms with E-state index in [0.717, 1.165) is 4.31 Å². The molecule has 7 N–H and O–H groups in total.